The van der Waals surface area contributed by atoms with Crippen LogP contribution in [0, 0.1) is 14.9 Å². The van der Waals surface area contributed by atoms with Gasteiger partial charge in [0.1, 0.15) is 0 Å². The zero-order valence-electron chi connectivity index (χ0n) is 4.00. The second-order valence-corrected chi connectivity index (χ2v) is 0. The van der Waals surface area contributed by atoms with Gasteiger partial charge < -0.3 is 14.9 Å². The Morgan fingerprint density at radius 2 is 0.500 bits per heavy atom. The van der Waals surface area contributed by atoms with E-state index in [0.29, 0.717) is 0 Å². The topological polar surface area (TPSA) is 0 Å². The van der Waals surface area contributed by atoms with E-state index in [4.69, 9.17) is 0 Å². The molecule has 0 aromatic heterocycles. The van der Waals surface area contributed by atoms with Crippen LogP contribution in [-0.2, 0) is 0 Å². The first kappa shape index (κ1) is 64.0. The maximum Gasteiger partial charge on any atom is 1.00 e. The van der Waals surface area contributed by atoms with E-state index in [9.17, 15) is 0 Å². The zero-order chi connectivity index (χ0) is 0. The van der Waals surface area contributed by atoms with Gasteiger partial charge >= 0.3 is 37.7 Å². The zero-order valence-corrected chi connectivity index (χ0v) is 4.00. The van der Waals surface area contributed by atoms with Crippen molar-refractivity contribution in [2.75, 3.05) is 0 Å². The van der Waals surface area contributed by atoms with Crippen molar-refractivity contribution in [1.29, 1.82) is 0 Å². The van der Waals surface area contributed by atoms with Crippen LogP contribution in [-0.4, -0.2) is 0 Å². The van der Waals surface area contributed by atoms with E-state index in [1.165, 1.54) is 0 Å². The van der Waals surface area contributed by atoms with E-state index in [0.717, 1.165) is 0 Å². The summed E-state index contributed by atoms with van der Waals surface area (Å²) in [7, 11) is 0. The molecule has 0 spiro atoms. The van der Waals surface area contributed by atoms with Crippen LogP contribution in [0.15, 0.2) is 0 Å². The monoisotopic (exact) mass is 44.1 g/mol. The molecule has 0 atom stereocenters. The molecule has 2 heteroatoms. The van der Waals surface area contributed by atoms with Crippen molar-refractivity contribution in [3.05, 3.63) is 14.9 Å². The summed E-state index contributed by atoms with van der Waals surface area (Å²) >= 11 is 0. The van der Waals surface area contributed by atoms with Crippen molar-refractivity contribution in [3.8, 4) is 0 Å². The number of hydrogen-bond acceptors (Lipinski definition) is 0. The molecule has 0 saturated heterocycles. The van der Waals surface area contributed by atoms with Gasteiger partial charge in [0.2, 0.25) is 0 Å². The average molecular weight is 44.0 g/mol. The summed E-state index contributed by atoms with van der Waals surface area (Å²) < 4.78 is 0. The van der Waals surface area contributed by atoms with E-state index in [-0.39, 0.29) is 52.6 Å². The molecule has 0 nitrogen and oxygen atoms in total. The second-order valence-electron chi connectivity index (χ2n) is 0. The van der Waals surface area contributed by atoms with Crippen molar-refractivity contribution in [2.45, 2.75) is 0 Å². The smallest absolute Gasteiger partial charge is 0.358 e. The van der Waals surface area contributed by atoms with Crippen molar-refractivity contribution in [2.24, 2.45) is 0 Å². The number of hydrogen-bond donors (Lipinski definition) is 0. The predicted octanol–water partition coefficient (Wildman–Crippen LogP) is -5.09. The first-order chi connectivity index (χ1) is 0. The van der Waals surface area contributed by atoms with Crippen LogP contribution in [0.3, 0.4) is 0 Å². The Balaban J connectivity index is 0. The largest absolute Gasteiger partial charge is 1.00 e. The second kappa shape index (κ2) is 30.0. The average Bonchev–Trinajstić information content (AvgIpc) is 0. The van der Waals surface area contributed by atoms with Crippen LogP contribution < -0.4 is 37.7 Å². The van der Waals surface area contributed by atoms with Gasteiger partial charge in [0.05, 0.1) is 0 Å². The SMILES string of the molecule is [CH3-].[CH3-].[Li+].[Li+]. The fourth-order valence-corrected chi connectivity index (χ4v) is 0. The van der Waals surface area contributed by atoms with Gasteiger partial charge in [-0.05, 0) is 0 Å². The fraction of sp³-hybridized carbons (Fsp3) is 0. The quantitative estimate of drug-likeness (QED) is 0.188. The van der Waals surface area contributed by atoms with E-state index in [2.05, 4.69) is 0 Å². The maximum absolute atomic E-state index is 0. The molecule has 0 unspecified atom stereocenters. The fourth-order valence-electron chi connectivity index (χ4n) is 0. The van der Waals surface area contributed by atoms with E-state index >= 15 is 0 Å². The first-order valence-corrected chi connectivity index (χ1v) is 0. The summed E-state index contributed by atoms with van der Waals surface area (Å²) in [5.41, 5.74) is 0. The molecule has 0 N–H and O–H groups in total. The summed E-state index contributed by atoms with van der Waals surface area (Å²) in [6.07, 6.45) is 0. The molecule has 4 heavy (non-hydrogen) atoms. The molecule has 16 valence electrons. The first-order valence-electron chi connectivity index (χ1n) is 0. The van der Waals surface area contributed by atoms with Gasteiger partial charge in [0, 0.05) is 0 Å². The van der Waals surface area contributed by atoms with Gasteiger partial charge in [-0.3, -0.25) is 0 Å². The molecule has 0 aliphatic heterocycles. The Bertz CT molecular complexity index is 4.00. The van der Waals surface area contributed by atoms with Gasteiger partial charge in [0.15, 0.2) is 0 Å². The molecule has 0 saturated carbocycles. The Labute approximate surface area is 52.7 Å². The van der Waals surface area contributed by atoms with Crippen LogP contribution >= 0.6 is 0 Å². The van der Waals surface area contributed by atoms with Crippen LogP contribution in [0.4, 0.5) is 0 Å². The Morgan fingerprint density at radius 1 is 0.500 bits per heavy atom. The van der Waals surface area contributed by atoms with E-state index in [1.807, 2.05) is 0 Å². The summed E-state index contributed by atoms with van der Waals surface area (Å²) in [6, 6.07) is 0. The Kier molecular flexibility index (Phi) is 480. The van der Waals surface area contributed by atoms with E-state index in [1.54, 1.807) is 0 Å². The molecule has 0 fully saturated rings. The summed E-state index contributed by atoms with van der Waals surface area (Å²) in [6.45, 7) is 0. The maximum atomic E-state index is 0. The van der Waals surface area contributed by atoms with Gasteiger partial charge in [-0.2, -0.15) is 0 Å². The van der Waals surface area contributed by atoms with Crippen LogP contribution in [0.25, 0.3) is 0 Å². The molecule has 0 radical (unpaired) electrons. The third kappa shape index (κ3) is 10.8. The third-order valence-electron chi connectivity index (χ3n) is 0. The molecular formula is C2H6Li2. The van der Waals surface area contributed by atoms with Gasteiger partial charge in [-0.25, -0.2) is 0 Å². The van der Waals surface area contributed by atoms with E-state index < -0.39 is 0 Å². The minimum atomic E-state index is 0. The van der Waals surface area contributed by atoms with Crippen molar-refractivity contribution < 1.29 is 37.7 Å². The molecule has 0 amide bonds. The molecule has 0 bridgehead atoms. The van der Waals surface area contributed by atoms with Gasteiger partial charge in [-0.1, -0.05) is 0 Å². The standard InChI is InChI=1S/2CH3.2Li/h2*1H3;;/q2*-1;2*+1. The minimum Gasteiger partial charge on any atom is -0.358 e. The molecule has 0 rings (SSSR count). The minimum absolute atomic E-state index is 0. The molecular weight excluding hydrogens is 37.9 g/mol. The van der Waals surface area contributed by atoms with Gasteiger partial charge in [0.25, 0.3) is 0 Å². The summed E-state index contributed by atoms with van der Waals surface area (Å²) in [5, 5.41) is 0. The molecule has 0 aliphatic carbocycles. The Morgan fingerprint density at radius 3 is 0.500 bits per heavy atom. The van der Waals surface area contributed by atoms with Crippen molar-refractivity contribution in [1.82, 2.24) is 0 Å². The third-order valence-corrected chi connectivity index (χ3v) is 0. The van der Waals surface area contributed by atoms with Gasteiger partial charge in [-0.15, -0.1) is 0 Å². The van der Waals surface area contributed by atoms with Crippen LogP contribution in [0.5, 0.6) is 0 Å². The Hall–Kier alpha value is 1.19. The predicted molar refractivity (Wildman–Crippen MR) is 12.8 cm³/mol. The van der Waals surface area contributed by atoms with Crippen LogP contribution in [0.1, 0.15) is 0 Å². The molecule has 0 heterocycles. The van der Waals surface area contributed by atoms with Crippen molar-refractivity contribution >= 4 is 0 Å². The normalized spacial score (nSPS) is 0. The molecule has 0 aromatic carbocycles. The van der Waals surface area contributed by atoms with Crippen LogP contribution in [0.2, 0.25) is 0 Å². The van der Waals surface area contributed by atoms with Crippen molar-refractivity contribution in [3.63, 3.8) is 0 Å². The summed E-state index contributed by atoms with van der Waals surface area (Å²) in [4.78, 5) is 0. The number of rotatable bonds is 0. The molecule has 0 aliphatic rings. The molecule has 0 aromatic rings. The summed E-state index contributed by atoms with van der Waals surface area (Å²) in [5.74, 6) is 0.